The van der Waals surface area contributed by atoms with E-state index in [1.54, 1.807) is 0 Å². The van der Waals surface area contributed by atoms with Crippen molar-refractivity contribution < 1.29 is 27.1 Å². The monoisotopic (exact) mass is 327 g/mol. The molecule has 1 N–H and O–H groups in total. The van der Waals surface area contributed by atoms with Gasteiger partial charge in [0.1, 0.15) is 18.2 Å². The molecule has 0 saturated carbocycles. The molecule has 2 rings (SSSR count). The van der Waals surface area contributed by atoms with Gasteiger partial charge in [0.15, 0.2) is 0 Å². The number of anilines is 1. The molecule has 0 aliphatic rings. The van der Waals surface area contributed by atoms with Crippen molar-refractivity contribution in [3.63, 3.8) is 0 Å². The van der Waals surface area contributed by atoms with Crippen LogP contribution in [0.25, 0.3) is 0 Å². The first kappa shape index (κ1) is 15.9. The zero-order valence-corrected chi connectivity index (χ0v) is 11.9. The van der Waals surface area contributed by atoms with Gasteiger partial charge >= 0.3 is 5.97 Å². The van der Waals surface area contributed by atoms with Gasteiger partial charge in [-0.2, -0.15) is 0 Å². The Hall–Kier alpha value is -2.48. The third kappa shape index (κ3) is 3.40. The quantitative estimate of drug-likeness (QED) is 0.914. The number of benzene rings is 2. The van der Waals surface area contributed by atoms with Crippen molar-refractivity contribution >= 4 is 21.7 Å². The summed E-state index contributed by atoms with van der Waals surface area (Å²) in [5.74, 6) is -2.58. The topological polar surface area (TPSA) is 74.7 Å². The Morgan fingerprint density at radius 2 is 1.41 bits per heavy atom. The lowest BCUT2D eigenvalue weighted by atomic mass is 10.3. The molecule has 0 atom stereocenters. The summed E-state index contributed by atoms with van der Waals surface area (Å²) < 4.78 is 51.5. The largest absolute Gasteiger partial charge is 0.480 e. The molecular formula is C14H11F2NO4S. The summed E-state index contributed by atoms with van der Waals surface area (Å²) in [6.45, 7) is -0.842. The molecule has 0 aromatic heterocycles. The highest BCUT2D eigenvalue weighted by Gasteiger charge is 2.27. The highest BCUT2D eigenvalue weighted by molar-refractivity contribution is 7.92. The molecule has 0 spiro atoms. The summed E-state index contributed by atoms with van der Waals surface area (Å²) >= 11 is 0. The average Bonchev–Trinajstić information content (AvgIpc) is 2.46. The summed E-state index contributed by atoms with van der Waals surface area (Å²) in [5.41, 5.74) is -0.00637. The van der Waals surface area contributed by atoms with Gasteiger partial charge in [0.2, 0.25) is 0 Å². The maximum Gasteiger partial charge on any atom is 0.324 e. The van der Waals surface area contributed by atoms with E-state index in [1.807, 2.05) is 0 Å². The lowest BCUT2D eigenvalue weighted by Crippen LogP contribution is -2.35. The van der Waals surface area contributed by atoms with Crippen LogP contribution in [-0.4, -0.2) is 26.0 Å². The summed E-state index contributed by atoms with van der Waals surface area (Å²) in [6, 6.07) is 8.31. The summed E-state index contributed by atoms with van der Waals surface area (Å²) in [4.78, 5) is 10.7. The Morgan fingerprint density at radius 1 is 0.955 bits per heavy atom. The van der Waals surface area contributed by atoms with Crippen molar-refractivity contribution in [3.8, 4) is 0 Å². The van der Waals surface area contributed by atoms with E-state index in [9.17, 15) is 22.0 Å². The minimum absolute atomic E-state index is 0.00637. The molecule has 22 heavy (non-hydrogen) atoms. The third-order valence-corrected chi connectivity index (χ3v) is 4.58. The van der Waals surface area contributed by atoms with Gasteiger partial charge in [-0.25, -0.2) is 17.2 Å². The van der Waals surface area contributed by atoms with Gasteiger partial charge in [-0.15, -0.1) is 0 Å². The molecule has 0 unspecified atom stereocenters. The molecule has 0 amide bonds. The highest BCUT2D eigenvalue weighted by atomic mass is 32.2. The Balaban J connectivity index is 2.50. The Bertz CT molecular complexity index is 773. The summed E-state index contributed by atoms with van der Waals surface area (Å²) in [5, 5.41) is 8.91. The Morgan fingerprint density at radius 3 is 1.86 bits per heavy atom. The number of halogens is 2. The van der Waals surface area contributed by atoms with Gasteiger partial charge in [0.25, 0.3) is 10.0 Å². The smallest absolute Gasteiger partial charge is 0.324 e. The number of sulfonamides is 1. The van der Waals surface area contributed by atoms with Gasteiger partial charge in [0, 0.05) is 0 Å². The van der Waals surface area contributed by atoms with E-state index in [0.717, 1.165) is 48.5 Å². The van der Waals surface area contributed by atoms with Gasteiger partial charge in [-0.1, -0.05) is 0 Å². The van der Waals surface area contributed by atoms with E-state index in [1.165, 1.54) is 0 Å². The van der Waals surface area contributed by atoms with E-state index in [4.69, 9.17) is 5.11 Å². The predicted molar refractivity (Wildman–Crippen MR) is 75.0 cm³/mol. The predicted octanol–water partition coefficient (Wildman–Crippen LogP) is 2.24. The van der Waals surface area contributed by atoms with Crippen molar-refractivity contribution in [2.24, 2.45) is 0 Å². The van der Waals surface area contributed by atoms with Crippen LogP contribution in [0.1, 0.15) is 0 Å². The Kier molecular flexibility index (Phi) is 4.41. The van der Waals surface area contributed by atoms with Crippen LogP contribution < -0.4 is 4.31 Å². The minimum Gasteiger partial charge on any atom is -0.480 e. The zero-order valence-electron chi connectivity index (χ0n) is 11.1. The van der Waals surface area contributed by atoms with Gasteiger partial charge in [0.05, 0.1) is 10.6 Å². The van der Waals surface area contributed by atoms with Gasteiger partial charge in [-0.3, -0.25) is 9.10 Å². The molecule has 0 aliphatic carbocycles. The van der Waals surface area contributed by atoms with E-state index < -0.39 is 34.2 Å². The fourth-order valence-electron chi connectivity index (χ4n) is 1.78. The van der Waals surface area contributed by atoms with Crippen molar-refractivity contribution in [2.45, 2.75) is 4.90 Å². The van der Waals surface area contributed by atoms with Crippen molar-refractivity contribution in [3.05, 3.63) is 60.2 Å². The number of hydrogen-bond acceptors (Lipinski definition) is 3. The maximum atomic E-state index is 13.0. The van der Waals surface area contributed by atoms with Crippen molar-refractivity contribution in [1.29, 1.82) is 0 Å². The average molecular weight is 327 g/mol. The van der Waals surface area contributed by atoms with E-state index in [-0.39, 0.29) is 10.6 Å². The van der Waals surface area contributed by atoms with Crippen molar-refractivity contribution in [2.75, 3.05) is 10.8 Å². The number of carboxylic acids is 1. The first-order chi connectivity index (χ1) is 10.3. The Labute approximate surface area is 125 Å². The second-order valence-corrected chi connectivity index (χ2v) is 6.20. The van der Waals surface area contributed by atoms with E-state index >= 15 is 0 Å². The van der Waals surface area contributed by atoms with Crippen LogP contribution in [0.2, 0.25) is 0 Å². The molecule has 0 radical (unpaired) electrons. The van der Waals surface area contributed by atoms with Crippen molar-refractivity contribution in [1.82, 2.24) is 0 Å². The first-order valence-electron chi connectivity index (χ1n) is 6.06. The molecule has 116 valence electrons. The molecule has 0 heterocycles. The second-order valence-electron chi connectivity index (χ2n) is 4.34. The normalized spacial score (nSPS) is 11.2. The lowest BCUT2D eigenvalue weighted by molar-refractivity contribution is -0.135. The number of aliphatic carboxylic acids is 1. The van der Waals surface area contributed by atoms with Gasteiger partial charge < -0.3 is 5.11 Å². The maximum absolute atomic E-state index is 13.0. The van der Waals surface area contributed by atoms with E-state index in [0.29, 0.717) is 4.31 Å². The van der Waals surface area contributed by atoms with Crippen LogP contribution in [0.3, 0.4) is 0 Å². The standard InChI is InChI=1S/C14H11F2NO4S/c15-10-1-5-12(6-2-10)17(9-14(18)19)22(20,21)13-7-3-11(16)4-8-13/h1-8H,9H2,(H,18,19). The molecular weight excluding hydrogens is 316 g/mol. The van der Waals surface area contributed by atoms with Crippen LogP contribution in [0.5, 0.6) is 0 Å². The second kappa shape index (κ2) is 6.10. The first-order valence-corrected chi connectivity index (χ1v) is 7.50. The minimum atomic E-state index is -4.22. The molecule has 2 aromatic carbocycles. The molecule has 5 nitrogen and oxygen atoms in total. The van der Waals surface area contributed by atoms with Crippen LogP contribution >= 0.6 is 0 Å². The third-order valence-electron chi connectivity index (χ3n) is 2.80. The lowest BCUT2D eigenvalue weighted by Gasteiger charge is -2.22. The van der Waals surface area contributed by atoms with Crippen LogP contribution in [0, 0.1) is 11.6 Å². The highest BCUT2D eigenvalue weighted by Crippen LogP contribution is 2.24. The summed E-state index contributed by atoms with van der Waals surface area (Å²) in [7, 11) is -4.22. The molecule has 2 aromatic rings. The number of carbonyl (C=O) groups is 1. The molecule has 0 fully saturated rings. The molecule has 0 saturated heterocycles. The fourth-order valence-corrected chi connectivity index (χ4v) is 3.19. The molecule has 8 heteroatoms. The SMILES string of the molecule is O=C(O)CN(c1ccc(F)cc1)S(=O)(=O)c1ccc(F)cc1. The van der Waals surface area contributed by atoms with Crippen LogP contribution in [-0.2, 0) is 14.8 Å². The van der Waals surface area contributed by atoms with Crippen LogP contribution in [0.15, 0.2) is 53.4 Å². The van der Waals surface area contributed by atoms with E-state index in [2.05, 4.69) is 0 Å². The molecule has 0 bridgehead atoms. The van der Waals surface area contributed by atoms with Crippen LogP contribution in [0.4, 0.5) is 14.5 Å². The number of nitrogens with zero attached hydrogens (tertiary/aromatic N) is 1. The number of hydrogen-bond donors (Lipinski definition) is 1. The fraction of sp³-hybridized carbons (Fsp3) is 0.0714. The number of carboxylic acid groups (broad SMARTS) is 1. The molecule has 0 aliphatic heterocycles. The number of rotatable bonds is 5. The zero-order chi connectivity index (χ0) is 16.3. The van der Waals surface area contributed by atoms with Gasteiger partial charge in [-0.05, 0) is 48.5 Å². The summed E-state index contributed by atoms with van der Waals surface area (Å²) in [6.07, 6.45) is 0.